The lowest BCUT2D eigenvalue weighted by Gasteiger charge is -2.12. The molecule has 0 saturated carbocycles. The summed E-state index contributed by atoms with van der Waals surface area (Å²) >= 11 is 0. The first kappa shape index (κ1) is 16.2. The van der Waals surface area contributed by atoms with E-state index in [0.717, 1.165) is 17.7 Å². The van der Waals surface area contributed by atoms with E-state index in [1.807, 2.05) is 30.3 Å². The van der Waals surface area contributed by atoms with Gasteiger partial charge in [0.2, 0.25) is 0 Å². The Balaban J connectivity index is 2.47. The molecular formula is C16H22O4. The molecule has 0 amide bonds. The summed E-state index contributed by atoms with van der Waals surface area (Å²) in [5.74, 6) is -0.117. The van der Waals surface area contributed by atoms with Crippen molar-refractivity contribution in [2.24, 2.45) is 0 Å². The van der Waals surface area contributed by atoms with Gasteiger partial charge in [-0.2, -0.15) is 0 Å². The minimum atomic E-state index is -0.926. The Bertz CT molecular complexity index is 449. The lowest BCUT2D eigenvalue weighted by Crippen LogP contribution is -2.09. The van der Waals surface area contributed by atoms with Crippen LogP contribution in [0.15, 0.2) is 41.5 Å². The van der Waals surface area contributed by atoms with Gasteiger partial charge in [0.25, 0.3) is 0 Å². The molecule has 0 radical (unpaired) electrons. The summed E-state index contributed by atoms with van der Waals surface area (Å²) < 4.78 is 5.57. The van der Waals surface area contributed by atoms with E-state index in [1.54, 1.807) is 13.8 Å². The average Bonchev–Trinajstić information content (AvgIpc) is 2.42. The van der Waals surface area contributed by atoms with Crippen molar-refractivity contribution < 1.29 is 19.7 Å². The molecule has 0 aliphatic rings. The molecule has 0 aliphatic heterocycles. The number of aliphatic hydroxyl groups excluding tert-OH is 1. The molecule has 0 bridgehead atoms. The summed E-state index contributed by atoms with van der Waals surface area (Å²) in [5, 5.41) is 18.5. The molecule has 0 spiro atoms. The second-order valence-electron chi connectivity index (χ2n) is 4.85. The van der Waals surface area contributed by atoms with E-state index in [1.165, 1.54) is 0 Å². The van der Waals surface area contributed by atoms with Crippen molar-refractivity contribution in [1.82, 2.24) is 0 Å². The molecule has 4 nitrogen and oxygen atoms in total. The molecule has 1 aromatic carbocycles. The Hall–Kier alpha value is -1.81. The SMILES string of the molecule is CC(C(=O)O)=C(CCCOc1ccccc1)CC(C)O. The fourth-order valence-corrected chi connectivity index (χ4v) is 1.94. The molecule has 0 fully saturated rings. The Kier molecular flexibility index (Phi) is 6.81. The molecule has 110 valence electrons. The lowest BCUT2D eigenvalue weighted by atomic mass is 9.99. The van der Waals surface area contributed by atoms with Crippen molar-refractivity contribution in [1.29, 1.82) is 0 Å². The second kappa shape index (κ2) is 8.38. The van der Waals surface area contributed by atoms with Crippen LogP contribution in [0.3, 0.4) is 0 Å². The van der Waals surface area contributed by atoms with Gasteiger partial charge < -0.3 is 14.9 Å². The van der Waals surface area contributed by atoms with Gasteiger partial charge in [0.1, 0.15) is 5.75 Å². The average molecular weight is 278 g/mol. The van der Waals surface area contributed by atoms with Gasteiger partial charge in [0.15, 0.2) is 0 Å². The Morgan fingerprint density at radius 1 is 1.30 bits per heavy atom. The van der Waals surface area contributed by atoms with Gasteiger partial charge in [-0.25, -0.2) is 4.79 Å². The third-order valence-electron chi connectivity index (χ3n) is 3.03. The van der Waals surface area contributed by atoms with Crippen molar-refractivity contribution in [2.75, 3.05) is 6.61 Å². The summed E-state index contributed by atoms with van der Waals surface area (Å²) in [5.41, 5.74) is 1.11. The molecule has 1 atom stereocenters. The Morgan fingerprint density at radius 2 is 1.95 bits per heavy atom. The molecule has 20 heavy (non-hydrogen) atoms. The molecule has 1 aromatic rings. The number of carbonyl (C=O) groups is 1. The Labute approximate surface area is 119 Å². The van der Waals surface area contributed by atoms with Crippen LogP contribution >= 0.6 is 0 Å². The van der Waals surface area contributed by atoms with Crippen LogP contribution in [0.5, 0.6) is 5.75 Å². The van der Waals surface area contributed by atoms with Gasteiger partial charge in [-0.15, -0.1) is 0 Å². The maximum atomic E-state index is 11.0. The van der Waals surface area contributed by atoms with Crippen molar-refractivity contribution in [3.8, 4) is 5.75 Å². The van der Waals surface area contributed by atoms with E-state index in [4.69, 9.17) is 9.84 Å². The van der Waals surface area contributed by atoms with Crippen LogP contribution in [0.25, 0.3) is 0 Å². The minimum Gasteiger partial charge on any atom is -0.494 e. The smallest absolute Gasteiger partial charge is 0.331 e. The van der Waals surface area contributed by atoms with Gasteiger partial charge in [-0.3, -0.25) is 0 Å². The monoisotopic (exact) mass is 278 g/mol. The van der Waals surface area contributed by atoms with E-state index >= 15 is 0 Å². The van der Waals surface area contributed by atoms with Crippen LogP contribution in [0.1, 0.15) is 33.1 Å². The summed E-state index contributed by atoms with van der Waals surface area (Å²) in [6.07, 6.45) is 1.20. The van der Waals surface area contributed by atoms with E-state index in [0.29, 0.717) is 25.0 Å². The second-order valence-corrected chi connectivity index (χ2v) is 4.85. The van der Waals surface area contributed by atoms with E-state index < -0.39 is 12.1 Å². The number of aliphatic carboxylic acids is 1. The maximum Gasteiger partial charge on any atom is 0.331 e. The van der Waals surface area contributed by atoms with Crippen LogP contribution in [-0.2, 0) is 4.79 Å². The molecule has 0 aliphatic carbocycles. The number of para-hydroxylation sites is 1. The predicted octanol–water partition coefficient (Wildman–Crippen LogP) is 3.02. The summed E-state index contributed by atoms with van der Waals surface area (Å²) in [6.45, 7) is 3.77. The number of aliphatic hydroxyl groups is 1. The van der Waals surface area contributed by atoms with Crippen LogP contribution < -0.4 is 4.74 Å². The minimum absolute atomic E-state index is 0.325. The fourth-order valence-electron chi connectivity index (χ4n) is 1.94. The van der Waals surface area contributed by atoms with E-state index in [9.17, 15) is 9.90 Å². The number of carboxylic acids is 1. The van der Waals surface area contributed by atoms with Gasteiger partial charge in [-0.05, 0) is 45.2 Å². The molecular weight excluding hydrogens is 256 g/mol. The highest BCUT2D eigenvalue weighted by molar-refractivity contribution is 5.86. The zero-order valence-electron chi connectivity index (χ0n) is 12.0. The van der Waals surface area contributed by atoms with Crippen LogP contribution in [0.2, 0.25) is 0 Å². The zero-order chi connectivity index (χ0) is 15.0. The number of rotatable bonds is 8. The lowest BCUT2D eigenvalue weighted by molar-refractivity contribution is -0.132. The summed E-state index contributed by atoms with van der Waals surface area (Å²) in [6, 6.07) is 9.50. The zero-order valence-corrected chi connectivity index (χ0v) is 12.0. The molecule has 0 saturated heterocycles. The van der Waals surface area contributed by atoms with Crippen LogP contribution in [0, 0.1) is 0 Å². The molecule has 2 N–H and O–H groups in total. The number of hydrogen-bond acceptors (Lipinski definition) is 3. The van der Waals surface area contributed by atoms with E-state index in [2.05, 4.69) is 0 Å². The maximum absolute atomic E-state index is 11.0. The van der Waals surface area contributed by atoms with Crippen molar-refractivity contribution in [3.63, 3.8) is 0 Å². The third kappa shape index (κ3) is 5.89. The van der Waals surface area contributed by atoms with Crippen molar-refractivity contribution >= 4 is 5.97 Å². The van der Waals surface area contributed by atoms with Gasteiger partial charge in [0, 0.05) is 5.57 Å². The van der Waals surface area contributed by atoms with Gasteiger partial charge in [-0.1, -0.05) is 23.8 Å². The molecule has 4 heteroatoms. The van der Waals surface area contributed by atoms with Crippen LogP contribution in [-0.4, -0.2) is 28.9 Å². The highest BCUT2D eigenvalue weighted by atomic mass is 16.5. The predicted molar refractivity (Wildman–Crippen MR) is 77.8 cm³/mol. The first-order valence-corrected chi connectivity index (χ1v) is 6.78. The summed E-state index contributed by atoms with van der Waals surface area (Å²) in [7, 11) is 0. The fraction of sp³-hybridized carbons (Fsp3) is 0.438. The molecule has 1 unspecified atom stereocenters. The quantitative estimate of drug-likeness (QED) is 0.566. The first-order chi connectivity index (χ1) is 9.50. The summed E-state index contributed by atoms with van der Waals surface area (Å²) in [4.78, 5) is 11.0. The first-order valence-electron chi connectivity index (χ1n) is 6.78. The van der Waals surface area contributed by atoms with E-state index in [-0.39, 0.29) is 0 Å². The normalized spacial score (nSPS) is 13.6. The van der Waals surface area contributed by atoms with Gasteiger partial charge in [0.05, 0.1) is 12.7 Å². The number of hydrogen-bond donors (Lipinski definition) is 2. The Morgan fingerprint density at radius 3 is 2.50 bits per heavy atom. The largest absolute Gasteiger partial charge is 0.494 e. The third-order valence-corrected chi connectivity index (χ3v) is 3.03. The standard InChI is InChI=1S/C16H22O4/c1-12(17)11-14(13(2)16(18)19)7-6-10-20-15-8-4-3-5-9-15/h3-5,8-9,12,17H,6-7,10-11H2,1-2H3,(H,18,19). The van der Waals surface area contributed by atoms with Crippen LogP contribution in [0.4, 0.5) is 0 Å². The number of benzene rings is 1. The highest BCUT2D eigenvalue weighted by Gasteiger charge is 2.11. The molecule has 0 aromatic heterocycles. The number of ether oxygens (including phenoxy) is 1. The topological polar surface area (TPSA) is 66.8 Å². The van der Waals surface area contributed by atoms with Gasteiger partial charge >= 0.3 is 5.97 Å². The highest BCUT2D eigenvalue weighted by Crippen LogP contribution is 2.18. The van der Waals surface area contributed by atoms with Crippen molar-refractivity contribution in [3.05, 3.63) is 41.5 Å². The van der Waals surface area contributed by atoms with Crippen molar-refractivity contribution in [2.45, 2.75) is 39.2 Å². The number of carboxylic acid groups (broad SMARTS) is 1. The molecule has 0 heterocycles. The molecule has 1 rings (SSSR count).